The molecule has 2 aromatic rings. The molecule has 1 N–H and O–H groups in total. The lowest BCUT2D eigenvalue weighted by atomic mass is 10.1. The lowest BCUT2D eigenvalue weighted by Crippen LogP contribution is -2.38. The number of anilines is 2. The zero-order valence-electron chi connectivity index (χ0n) is 18.4. The van der Waals surface area contributed by atoms with Gasteiger partial charge in [-0.05, 0) is 49.2 Å². The summed E-state index contributed by atoms with van der Waals surface area (Å²) in [5.41, 5.74) is 1.12. The molecule has 0 spiro atoms. The predicted molar refractivity (Wildman–Crippen MR) is 125 cm³/mol. The number of para-hydroxylation sites is 1. The van der Waals surface area contributed by atoms with E-state index in [0.29, 0.717) is 35.8 Å². The van der Waals surface area contributed by atoms with E-state index >= 15 is 0 Å². The van der Waals surface area contributed by atoms with Gasteiger partial charge in [0.05, 0.1) is 30.3 Å². The second-order valence-electron chi connectivity index (χ2n) is 7.77. The van der Waals surface area contributed by atoms with Crippen LogP contribution < -0.4 is 14.4 Å². The molecule has 0 atom stereocenters. The highest BCUT2D eigenvalue weighted by atomic mass is 32.2. The Morgan fingerprint density at radius 2 is 1.62 bits per heavy atom. The van der Waals surface area contributed by atoms with Crippen molar-refractivity contribution in [1.29, 1.82) is 0 Å². The number of likely N-dealkylation sites (tertiary alicyclic amines) is 1. The first-order valence-electron chi connectivity index (χ1n) is 10.6. The van der Waals surface area contributed by atoms with Gasteiger partial charge in [-0.2, -0.15) is 0 Å². The SMILES string of the molecule is COc1ccc(N(CC(=O)Nc2ccccc2C(=O)N2CCCCCC2)S(C)(=O)=O)cc1. The van der Waals surface area contributed by atoms with Crippen LogP contribution in [0.15, 0.2) is 48.5 Å². The summed E-state index contributed by atoms with van der Waals surface area (Å²) < 4.78 is 30.8. The van der Waals surface area contributed by atoms with Crippen LogP contribution in [0, 0.1) is 0 Å². The number of rotatable bonds is 7. The Morgan fingerprint density at radius 3 is 2.22 bits per heavy atom. The monoisotopic (exact) mass is 459 g/mol. The van der Waals surface area contributed by atoms with Crippen LogP contribution in [0.4, 0.5) is 11.4 Å². The lowest BCUT2D eigenvalue weighted by Gasteiger charge is -2.24. The number of nitrogens with zero attached hydrogens (tertiary/aromatic N) is 2. The number of carbonyl (C=O) groups is 2. The van der Waals surface area contributed by atoms with E-state index in [-0.39, 0.29) is 5.91 Å². The van der Waals surface area contributed by atoms with Crippen LogP contribution in [0.3, 0.4) is 0 Å². The van der Waals surface area contributed by atoms with Crippen LogP contribution in [-0.2, 0) is 14.8 Å². The number of sulfonamides is 1. The molecule has 0 aliphatic carbocycles. The third kappa shape index (κ3) is 6.00. The van der Waals surface area contributed by atoms with E-state index < -0.39 is 22.5 Å². The van der Waals surface area contributed by atoms with Crippen molar-refractivity contribution in [2.75, 3.05) is 42.6 Å². The number of hydrogen-bond donors (Lipinski definition) is 1. The number of hydrogen-bond acceptors (Lipinski definition) is 5. The molecule has 0 bridgehead atoms. The molecule has 0 unspecified atom stereocenters. The number of ether oxygens (including phenoxy) is 1. The van der Waals surface area contributed by atoms with E-state index in [2.05, 4.69) is 5.32 Å². The third-order valence-electron chi connectivity index (χ3n) is 5.37. The van der Waals surface area contributed by atoms with Gasteiger partial charge >= 0.3 is 0 Å². The number of benzene rings is 2. The zero-order valence-corrected chi connectivity index (χ0v) is 19.2. The van der Waals surface area contributed by atoms with E-state index in [0.717, 1.165) is 36.2 Å². The van der Waals surface area contributed by atoms with Crippen LogP contribution in [0.1, 0.15) is 36.0 Å². The van der Waals surface area contributed by atoms with Crippen LogP contribution in [0.25, 0.3) is 0 Å². The van der Waals surface area contributed by atoms with Gasteiger partial charge in [0.2, 0.25) is 15.9 Å². The second kappa shape index (κ2) is 10.5. The molecule has 172 valence electrons. The molecule has 1 saturated heterocycles. The summed E-state index contributed by atoms with van der Waals surface area (Å²) >= 11 is 0. The molecule has 0 aromatic heterocycles. The van der Waals surface area contributed by atoms with E-state index in [1.54, 1.807) is 48.5 Å². The topological polar surface area (TPSA) is 96.0 Å². The largest absolute Gasteiger partial charge is 0.497 e. The molecule has 0 radical (unpaired) electrons. The summed E-state index contributed by atoms with van der Waals surface area (Å²) in [5, 5.41) is 2.72. The third-order valence-corrected chi connectivity index (χ3v) is 6.51. The molecular formula is C23H29N3O5S. The van der Waals surface area contributed by atoms with Crippen LogP contribution >= 0.6 is 0 Å². The van der Waals surface area contributed by atoms with Gasteiger partial charge in [-0.15, -0.1) is 0 Å². The van der Waals surface area contributed by atoms with Gasteiger partial charge in [0.25, 0.3) is 5.91 Å². The van der Waals surface area contributed by atoms with Gasteiger partial charge in [-0.1, -0.05) is 25.0 Å². The van der Waals surface area contributed by atoms with Crippen molar-refractivity contribution in [3.05, 3.63) is 54.1 Å². The molecule has 1 heterocycles. The Kier molecular flexibility index (Phi) is 7.74. The first kappa shape index (κ1) is 23.6. The van der Waals surface area contributed by atoms with Gasteiger partial charge in [0, 0.05) is 13.1 Å². The molecule has 3 rings (SSSR count). The fourth-order valence-corrected chi connectivity index (χ4v) is 4.55. The first-order chi connectivity index (χ1) is 15.3. The van der Waals surface area contributed by atoms with E-state index in [4.69, 9.17) is 4.74 Å². The maximum atomic E-state index is 13.1. The Labute approximate surface area is 189 Å². The van der Waals surface area contributed by atoms with Crippen LogP contribution in [0.2, 0.25) is 0 Å². The maximum absolute atomic E-state index is 13.1. The van der Waals surface area contributed by atoms with Crippen LogP contribution in [0.5, 0.6) is 5.75 Å². The Morgan fingerprint density at radius 1 is 1.00 bits per heavy atom. The zero-order chi connectivity index (χ0) is 23.1. The molecule has 1 aliphatic rings. The molecule has 2 amide bonds. The number of carbonyl (C=O) groups excluding carboxylic acids is 2. The van der Waals surface area contributed by atoms with Gasteiger partial charge in [-0.3, -0.25) is 13.9 Å². The molecule has 32 heavy (non-hydrogen) atoms. The van der Waals surface area contributed by atoms with E-state index in [1.165, 1.54) is 7.11 Å². The highest BCUT2D eigenvalue weighted by molar-refractivity contribution is 7.92. The number of nitrogens with one attached hydrogen (secondary N) is 1. The lowest BCUT2D eigenvalue weighted by molar-refractivity contribution is -0.114. The maximum Gasteiger partial charge on any atom is 0.255 e. The van der Waals surface area contributed by atoms with E-state index in [9.17, 15) is 18.0 Å². The standard InChI is InChI=1S/C23H29N3O5S/c1-31-19-13-11-18(12-14-19)26(32(2,29)30)17-22(27)24-21-10-6-5-9-20(21)23(28)25-15-7-3-4-8-16-25/h5-6,9-14H,3-4,7-8,15-17H2,1-2H3,(H,24,27). The average Bonchev–Trinajstić information content (AvgIpc) is 3.06. The summed E-state index contributed by atoms with van der Waals surface area (Å²) in [7, 11) is -2.20. The van der Waals surface area contributed by atoms with Crippen molar-refractivity contribution in [2.45, 2.75) is 25.7 Å². The first-order valence-corrected chi connectivity index (χ1v) is 12.4. The second-order valence-corrected chi connectivity index (χ2v) is 9.67. The van der Waals surface area contributed by atoms with Gasteiger partial charge in [0.1, 0.15) is 12.3 Å². The van der Waals surface area contributed by atoms with E-state index in [1.807, 2.05) is 4.90 Å². The Balaban J connectivity index is 1.77. The van der Waals surface area contributed by atoms with Gasteiger partial charge in [0.15, 0.2) is 0 Å². The number of methoxy groups -OCH3 is 1. The Hall–Kier alpha value is -3.07. The fourth-order valence-electron chi connectivity index (χ4n) is 3.69. The minimum absolute atomic E-state index is 0.127. The summed E-state index contributed by atoms with van der Waals surface area (Å²) in [6, 6.07) is 13.2. The smallest absolute Gasteiger partial charge is 0.255 e. The summed E-state index contributed by atoms with van der Waals surface area (Å²) in [4.78, 5) is 27.7. The Bertz CT molecular complexity index is 1050. The molecule has 1 aliphatic heterocycles. The molecule has 8 nitrogen and oxygen atoms in total. The van der Waals surface area contributed by atoms with Gasteiger partial charge in [-0.25, -0.2) is 8.42 Å². The summed E-state index contributed by atoms with van der Waals surface area (Å²) in [6.07, 6.45) is 5.18. The minimum Gasteiger partial charge on any atom is -0.497 e. The molecule has 1 fully saturated rings. The van der Waals surface area contributed by atoms with Crippen molar-refractivity contribution < 1.29 is 22.7 Å². The fraction of sp³-hybridized carbons (Fsp3) is 0.391. The van der Waals surface area contributed by atoms with Crippen molar-refractivity contribution in [1.82, 2.24) is 4.90 Å². The molecule has 0 saturated carbocycles. The number of amides is 2. The van der Waals surface area contributed by atoms with Crippen molar-refractivity contribution in [2.24, 2.45) is 0 Å². The summed E-state index contributed by atoms with van der Waals surface area (Å²) in [5.74, 6) is -0.0899. The van der Waals surface area contributed by atoms with Gasteiger partial charge < -0.3 is 15.0 Å². The predicted octanol–water partition coefficient (Wildman–Crippen LogP) is 3.12. The average molecular weight is 460 g/mol. The van der Waals surface area contributed by atoms with Crippen molar-refractivity contribution >= 4 is 33.2 Å². The highest BCUT2D eigenvalue weighted by Crippen LogP contribution is 2.23. The molecule has 2 aromatic carbocycles. The van der Waals surface area contributed by atoms with Crippen molar-refractivity contribution in [3.63, 3.8) is 0 Å². The highest BCUT2D eigenvalue weighted by Gasteiger charge is 2.24. The molecule has 9 heteroatoms. The van der Waals surface area contributed by atoms with Crippen LogP contribution in [-0.4, -0.2) is 58.1 Å². The van der Waals surface area contributed by atoms with Crippen molar-refractivity contribution in [3.8, 4) is 5.75 Å². The minimum atomic E-state index is -3.72. The quantitative estimate of drug-likeness (QED) is 0.686. The normalized spacial score (nSPS) is 14.4. The molecular weight excluding hydrogens is 430 g/mol. The summed E-state index contributed by atoms with van der Waals surface area (Å²) in [6.45, 7) is 0.971.